The lowest BCUT2D eigenvalue weighted by Crippen LogP contribution is -2.28. The first-order valence-corrected chi connectivity index (χ1v) is 12.4. The molecule has 5 rings (SSSR count). The minimum Gasteiger partial charge on any atom is -0.506 e. The number of rotatable bonds is 4. The molecule has 2 amide bonds. The number of fused-ring (bicyclic) bond motifs is 2. The Morgan fingerprint density at radius 1 is 0.895 bits per heavy atom. The van der Waals surface area contributed by atoms with Crippen LogP contribution >= 0.6 is 0 Å². The van der Waals surface area contributed by atoms with Gasteiger partial charge in [-0.25, -0.2) is 0 Å². The summed E-state index contributed by atoms with van der Waals surface area (Å²) in [5.74, 6) is -0.624. The number of carbonyl (C=O) groups is 3. The van der Waals surface area contributed by atoms with Crippen LogP contribution in [-0.4, -0.2) is 28.4 Å². The number of aliphatic hydroxyl groups is 1. The fraction of sp³-hybridized carbons (Fsp3) is 0.267. The van der Waals surface area contributed by atoms with Gasteiger partial charge in [-0.1, -0.05) is 27.7 Å². The molecule has 8 nitrogen and oxygen atoms in total. The van der Waals surface area contributed by atoms with Crippen molar-refractivity contribution in [2.45, 2.75) is 52.4 Å². The van der Waals surface area contributed by atoms with Crippen LogP contribution in [0, 0.1) is 0 Å². The first kappa shape index (κ1) is 25.2. The summed E-state index contributed by atoms with van der Waals surface area (Å²) >= 11 is 0. The molecule has 2 aliphatic heterocycles. The van der Waals surface area contributed by atoms with Crippen molar-refractivity contribution in [2.75, 3.05) is 16.0 Å². The second-order valence-corrected chi connectivity index (χ2v) is 10.9. The molecule has 0 bridgehead atoms. The van der Waals surface area contributed by atoms with E-state index in [1.807, 2.05) is 58.0 Å². The fourth-order valence-electron chi connectivity index (χ4n) is 5.14. The Labute approximate surface area is 221 Å². The van der Waals surface area contributed by atoms with Gasteiger partial charge in [0.15, 0.2) is 0 Å². The zero-order chi connectivity index (χ0) is 27.6. The molecular weight excluding hydrogens is 480 g/mol. The molecular formula is C30H30N4O4. The Morgan fingerprint density at radius 3 is 2.11 bits per heavy atom. The standard InChI is InChI=1S/C30H30N4O4/c1-15(35)31-17-7-9-23-21(11-17)29(3,4)25(33-23)13-19-27(37)20(28(19)38)14-26-30(5,6)22-12-18(32-16(2)36)8-10-24(22)34-26/h7-14,33,37H,1-6H3,(H,31,35)(H,32,36)/b20-14-,25-13-. The number of aliphatic imine (C=N–C) groups is 1. The number of aliphatic hydroxyl groups excluding tert-OH is 1. The molecule has 194 valence electrons. The zero-order valence-electron chi connectivity index (χ0n) is 22.2. The van der Waals surface area contributed by atoms with Crippen molar-refractivity contribution in [2.24, 2.45) is 4.99 Å². The molecule has 2 aromatic carbocycles. The molecule has 0 aromatic heterocycles. The Kier molecular flexibility index (Phi) is 5.67. The monoisotopic (exact) mass is 510 g/mol. The van der Waals surface area contributed by atoms with E-state index in [4.69, 9.17) is 4.99 Å². The van der Waals surface area contributed by atoms with Crippen LogP contribution in [0.1, 0.15) is 52.7 Å². The lowest BCUT2D eigenvalue weighted by Gasteiger charge is -2.26. The number of hydrogen-bond donors (Lipinski definition) is 4. The molecule has 8 heteroatoms. The molecule has 0 saturated heterocycles. The van der Waals surface area contributed by atoms with Gasteiger partial charge in [-0.2, -0.15) is 0 Å². The lowest BCUT2D eigenvalue weighted by molar-refractivity contribution is -0.115. The largest absolute Gasteiger partial charge is 0.506 e. The summed E-state index contributed by atoms with van der Waals surface area (Å²) in [7, 11) is 0. The first-order chi connectivity index (χ1) is 17.8. The number of benzene rings is 2. The number of Topliss-reactive ketones (excluding diaryl/α,β-unsaturated/α-hetero) is 1. The molecule has 2 aromatic rings. The highest BCUT2D eigenvalue weighted by molar-refractivity contribution is 6.25. The Hall–Kier alpha value is -4.46. The average Bonchev–Trinajstić information content (AvgIpc) is 3.23. The zero-order valence-corrected chi connectivity index (χ0v) is 22.2. The SMILES string of the molecule is CC(=O)Nc1ccc2c(c1)C(C)(C)C(/C=C1\C(=O)C(/C=C3\Nc4ccc(NC(C)=O)cc4C3(C)C)=C1O)=N2. The maximum atomic E-state index is 13.2. The Morgan fingerprint density at radius 2 is 1.50 bits per heavy atom. The predicted molar refractivity (Wildman–Crippen MR) is 149 cm³/mol. The van der Waals surface area contributed by atoms with Crippen LogP contribution in [0.3, 0.4) is 0 Å². The molecule has 0 unspecified atom stereocenters. The molecule has 0 fully saturated rings. The van der Waals surface area contributed by atoms with Crippen LogP contribution < -0.4 is 16.0 Å². The van der Waals surface area contributed by atoms with Crippen LogP contribution in [0.15, 0.2) is 76.1 Å². The minimum absolute atomic E-state index is 0.0663. The highest BCUT2D eigenvalue weighted by Crippen LogP contribution is 2.46. The van der Waals surface area contributed by atoms with E-state index in [1.54, 1.807) is 18.2 Å². The third-order valence-electron chi connectivity index (χ3n) is 7.40. The van der Waals surface area contributed by atoms with E-state index < -0.39 is 10.8 Å². The van der Waals surface area contributed by atoms with Crippen LogP contribution in [0.2, 0.25) is 0 Å². The summed E-state index contributed by atoms with van der Waals surface area (Å²) in [6.45, 7) is 11.0. The number of allylic oxidation sites excluding steroid dienone is 5. The second kappa shape index (κ2) is 8.55. The van der Waals surface area contributed by atoms with Crippen LogP contribution in [-0.2, 0) is 25.2 Å². The van der Waals surface area contributed by atoms with Gasteiger partial charge < -0.3 is 21.1 Å². The highest BCUT2D eigenvalue weighted by atomic mass is 16.3. The van der Waals surface area contributed by atoms with Crippen LogP contribution in [0.4, 0.5) is 22.7 Å². The predicted octanol–water partition coefficient (Wildman–Crippen LogP) is 5.58. The summed E-state index contributed by atoms with van der Waals surface area (Å²) in [6, 6.07) is 11.1. The number of ketones is 1. The molecule has 1 aliphatic carbocycles. The van der Waals surface area contributed by atoms with E-state index >= 15 is 0 Å². The van der Waals surface area contributed by atoms with E-state index in [0.717, 1.165) is 28.2 Å². The Balaban J connectivity index is 1.43. The van der Waals surface area contributed by atoms with Gasteiger partial charge in [0.2, 0.25) is 17.6 Å². The maximum Gasteiger partial charge on any atom is 0.221 e. The number of nitrogens with zero attached hydrogens (tertiary/aromatic N) is 1. The summed E-state index contributed by atoms with van der Waals surface area (Å²) in [4.78, 5) is 40.8. The number of amides is 2. The summed E-state index contributed by atoms with van der Waals surface area (Å²) in [5, 5.41) is 19.8. The van der Waals surface area contributed by atoms with Crippen molar-refractivity contribution >= 4 is 46.1 Å². The number of anilines is 3. The first-order valence-electron chi connectivity index (χ1n) is 12.4. The normalized spacial score (nSPS) is 20.5. The van der Waals surface area contributed by atoms with E-state index in [9.17, 15) is 19.5 Å². The van der Waals surface area contributed by atoms with Crippen molar-refractivity contribution in [1.82, 2.24) is 0 Å². The van der Waals surface area contributed by atoms with Gasteiger partial charge in [0.25, 0.3) is 0 Å². The molecule has 2 heterocycles. The van der Waals surface area contributed by atoms with Gasteiger partial charge >= 0.3 is 0 Å². The smallest absolute Gasteiger partial charge is 0.221 e. The average molecular weight is 511 g/mol. The molecule has 0 spiro atoms. The van der Waals surface area contributed by atoms with Crippen molar-refractivity contribution in [3.8, 4) is 0 Å². The summed E-state index contributed by atoms with van der Waals surface area (Å²) in [6.07, 6.45) is 3.35. The molecule has 3 aliphatic rings. The maximum absolute atomic E-state index is 13.2. The van der Waals surface area contributed by atoms with Crippen LogP contribution in [0.25, 0.3) is 0 Å². The van der Waals surface area contributed by atoms with E-state index in [-0.39, 0.29) is 34.5 Å². The van der Waals surface area contributed by atoms with Crippen molar-refractivity contribution in [3.05, 3.63) is 82.3 Å². The van der Waals surface area contributed by atoms with Gasteiger partial charge in [0.1, 0.15) is 5.76 Å². The quantitative estimate of drug-likeness (QED) is 0.401. The van der Waals surface area contributed by atoms with Gasteiger partial charge in [-0.05, 0) is 59.7 Å². The second-order valence-electron chi connectivity index (χ2n) is 10.9. The third kappa shape index (κ3) is 4.02. The number of nitrogens with one attached hydrogen (secondary N) is 3. The summed E-state index contributed by atoms with van der Waals surface area (Å²) < 4.78 is 0. The molecule has 38 heavy (non-hydrogen) atoms. The molecule has 4 N–H and O–H groups in total. The Bertz CT molecular complexity index is 1570. The van der Waals surface area contributed by atoms with E-state index in [1.165, 1.54) is 13.8 Å². The molecule has 0 radical (unpaired) electrons. The lowest BCUT2D eigenvalue weighted by atomic mass is 9.77. The van der Waals surface area contributed by atoms with E-state index in [0.29, 0.717) is 17.1 Å². The summed E-state index contributed by atoms with van der Waals surface area (Å²) in [5.41, 5.74) is 5.85. The fourth-order valence-corrected chi connectivity index (χ4v) is 5.14. The van der Waals surface area contributed by atoms with Gasteiger partial charge in [-0.15, -0.1) is 0 Å². The topological polar surface area (TPSA) is 120 Å². The molecule has 0 saturated carbocycles. The van der Waals surface area contributed by atoms with Gasteiger partial charge in [-0.3, -0.25) is 19.4 Å². The number of carbonyl (C=O) groups excluding carboxylic acids is 3. The van der Waals surface area contributed by atoms with Crippen LogP contribution in [0.5, 0.6) is 0 Å². The number of hydrogen-bond acceptors (Lipinski definition) is 6. The van der Waals surface area contributed by atoms with Crippen molar-refractivity contribution in [1.29, 1.82) is 0 Å². The highest BCUT2D eigenvalue weighted by Gasteiger charge is 2.41. The minimum atomic E-state index is -0.520. The van der Waals surface area contributed by atoms with Crippen molar-refractivity contribution in [3.63, 3.8) is 0 Å². The van der Waals surface area contributed by atoms with Gasteiger partial charge in [0, 0.05) is 47.4 Å². The third-order valence-corrected chi connectivity index (χ3v) is 7.40. The van der Waals surface area contributed by atoms with Gasteiger partial charge in [0.05, 0.1) is 22.5 Å². The van der Waals surface area contributed by atoms with E-state index in [2.05, 4.69) is 16.0 Å². The van der Waals surface area contributed by atoms with Crippen molar-refractivity contribution < 1.29 is 19.5 Å². The molecule has 0 atom stereocenters.